The Balaban J connectivity index is -0.000000474. The maximum atomic E-state index is 11.6. The lowest BCUT2D eigenvalue weighted by atomic mass is 10.2. The van der Waals surface area contributed by atoms with Crippen LogP contribution in [-0.2, 0) is 9.59 Å². The van der Waals surface area contributed by atoms with Crippen LogP contribution in [0, 0.1) is 0 Å². The van der Waals surface area contributed by atoms with Crippen LogP contribution in [0.25, 0.3) is 0 Å². The third kappa shape index (κ3) is 16.3. The number of nitrogens with two attached hydrogens (primary N) is 1. The van der Waals surface area contributed by atoms with Gasteiger partial charge >= 0.3 is 5.97 Å². The summed E-state index contributed by atoms with van der Waals surface area (Å²) in [5.74, 6) is -2.41. The van der Waals surface area contributed by atoms with Crippen molar-refractivity contribution in [3.8, 4) is 11.5 Å². The van der Waals surface area contributed by atoms with Crippen LogP contribution in [0.5, 0.6) is 11.5 Å². The third-order valence-corrected chi connectivity index (χ3v) is 4.53. The van der Waals surface area contributed by atoms with Gasteiger partial charge in [-0.3, -0.25) is 14.4 Å². The number of halogens is 3. The van der Waals surface area contributed by atoms with Crippen molar-refractivity contribution in [2.45, 2.75) is 13.8 Å². The molecule has 2 rings (SSSR count). The van der Waals surface area contributed by atoms with E-state index in [2.05, 4.69) is 47.8 Å². The molecule has 3 amide bonds. The van der Waals surface area contributed by atoms with E-state index in [9.17, 15) is 24.3 Å². The predicted molar refractivity (Wildman–Crippen MR) is 155 cm³/mol. The van der Waals surface area contributed by atoms with E-state index in [0.29, 0.717) is 8.95 Å². The van der Waals surface area contributed by atoms with E-state index in [1.807, 2.05) is 13.8 Å². The maximum Gasteiger partial charge on any atom is 0.339 e. The van der Waals surface area contributed by atoms with E-state index in [4.69, 9.17) is 15.9 Å². The molecule has 0 saturated heterocycles. The minimum absolute atomic E-state index is 0. The highest BCUT2D eigenvalue weighted by atomic mass is 127. The summed E-state index contributed by atoms with van der Waals surface area (Å²) in [4.78, 5) is 42.8. The lowest BCUT2D eigenvalue weighted by Gasteiger charge is -2.06. The Bertz CT molecular complexity index is 989. The zero-order chi connectivity index (χ0) is 27.6. The molecule has 14 heteroatoms. The number of phenolic OH excluding ortho intramolecular Hbond substituents is 1. The summed E-state index contributed by atoms with van der Waals surface area (Å²) in [6.07, 6.45) is 0. The first kappa shape index (κ1) is 38.1. The molecule has 0 aromatic heterocycles. The average molecular weight is 750 g/mol. The van der Waals surface area contributed by atoms with E-state index in [0.717, 1.165) is 0 Å². The number of benzene rings is 2. The third-order valence-electron chi connectivity index (χ3n) is 3.54. The lowest BCUT2D eigenvalue weighted by molar-refractivity contribution is -0.120. The van der Waals surface area contributed by atoms with Gasteiger partial charge in [-0.05, 0) is 36.4 Å². The number of carbonyl (C=O) groups is 4. The molecule has 2 aromatic carbocycles. The number of carboxylic acid groups (broad SMARTS) is 1. The fourth-order valence-corrected chi connectivity index (χ4v) is 2.54. The second-order valence-corrected chi connectivity index (χ2v) is 7.69. The van der Waals surface area contributed by atoms with Crippen LogP contribution in [0.1, 0.15) is 34.6 Å². The van der Waals surface area contributed by atoms with Crippen molar-refractivity contribution in [1.82, 2.24) is 16.0 Å². The van der Waals surface area contributed by atoms with Crippen LogP contribution in [-0.4, -0.2) is 66.2 Å². The minimum Gasteiger partial charge on any atom is -0.507 e. The molecule has 0 radical (unpaired) electrons. The number of aromatic hydroxyl groups is 2. The summed E-state index contributed by atoms with van der Waals surface area (Å²) in [6, 6.07) is 8.74. The summed E-state index contributed by atoms with van der Waals surface area (Å²) >= 11 is 6.28. The zero-order valence-corrected chi connectivity index (χ0v) is 25.6. The van der Waals surface area contributed by atoms with Crippen LogP contribution >= 0.6 is 55.8 Å². The van der Waals surface area contributed by atoms with Gasteiger partial charge in [0.1, 0.15) is 17.1 Å². The summed E-state index contributed by atoms with van der Waals surface area (Å²) in [7, 11) is 3.03. The second-order valence-electron chi connectivity index (χ2n) is 5.86. The van der Waals surface area contributed by atoms with Crippen LogP contribution in [0.15, 0.2) is 45.3 Å². The van der Waals surface area contributed by atoms with Gasteiger partial charge in [-0.15, -0.1) is 24.0 Å². The lowest BCUT2D eigenvalue weighted by Crippen LogP contribution is -2.35. The number of hydrogen-bond acceptors (Lipinski definition) is 7. The van der Waals surface area contributed by atoms with Crippen LogP contribution in [0.4, 0.5) is 0 Å². The highest BCUT2D eigenvalue weighted by Crippen LogP contribution is 2.22. The SMILES string of the molecule is CC.CNC(=O)CN.CNC(=O)CNC(=O)c1cc(Br)ccc1O.I.O=C(O)c1cc(Br)ccc1O. The van der Waals surface area contributed by atoms with Crippen molar-refractivity contribution in [3.05, 3.63) is 56.5 Å². The molecule has 8 N–H and O–H groups in total. The van der Waals surface area contributed by atoms with Crippen LogP contribution < -0.4 is 21.7 Å². The average Bonchev–Trinajstić information content (AvgIpc) is 2.86. The second kappa shape index (κ2) is 21.8. The molecule has 11 nitrogen and oxygen atoms in total. The number of phenols is 2. The molecule has 0 heterocycles. The number of likely N-dealkylation sites (N-methyl/N-ethyl adjacent to an activating group) is 2. The van der Waals surface area contributed by atoms with Crippen LogP contribution in [0.3, 0.4) is 0 Å². The normalized spacial score (nSPS) is 8.64. The molecular formula is C22H31Br2IN4O7. The Kier molecular flexibility index (Phi) is 23.1. The van der Waals surface area contributed by atoms with E-state index in [1.165, 1.54) is 31.3 Å². The van der Waals surface area contributed by atoms with Gasteiger partial charge in [-0.2, -0.15) is 0 Å². The van der Waals surface area contributed by atoms with Gasteiger partial charge in [-0.1, -0.05) is 45.7 Å². The summed E-state index contributed by atoms with van der Waals surface area (Å²) in [5, 5.41) is 34.1. The van der Waals surface area contributed by atoms with E-state index in [-0.39, 0.29) is 71.5 Å². The molecule has 0 spiro atoms. The minimum atomic E-state index is -1.14. The number of carbonyl (C=O) groups excluding carboxylic acids is 3. The first-order valence-electron chi connectivity index (χ1n) is 10.1. The molecule has 202 valence electrons. The van der Waals surface area contributed by atoms with Gasteiger partial charge in [0, 0.05) is 23.0 Å². The van der Waals surface area contributed by atoms with Crippen molar-refractivity contribution in [3.63, 3.8) is 0 Å². The predicted octanol–water partition coefficient (Wildman–Crippen LogP) is 2.82. The Hall–Kier alpha value is -2.43. The molecule has 0 saturated carbocycles. The molecule has 0 aliphatic rings. The van der Waals surface area contributed by atoms with Gasteiger partial charge in [0.05, 0.1) is 18.7 Å². The number of nitrogens with one attached hydrogen (secondary N) is 3. The quantitative estimate of drug-likeness (QED) is 0.227. The number of amides is 3. The largest absolute Gasteiger partial charge is 0.507 e. The van der Waals surface area contributed by atoms with Crippen molar-refractivity contribution < 1.29 is 34.5 Å². The Morgan fingerprint density at radius 2 is 1.25 bits per heavy atom. The van der Waals surface area contributed by atoms with Crippen molar-refractivity contribution in [1.29, 1.82) is 0 Å². The number of carboxylic acids is 1. The van der Waals surface area contributed by atoms with E-state index >= 15 is 0 Å². The smallest absolute Gasteiger partial charge is 0.339 e. The summed E-state index contributed by atoms with van der Waals surface area (Å²) < 4.78 is 1.31. The zero-order valence-electron chi connectivity index (χ0n) is 20.1. The first-order chi connectivity index (χ1) is 16.5. The summed E-state index contributed by atoms with van der Waals surface area (Å²) in [5.41, 5.74) is 4.90. The summed E-state index contributed by atoms with van der Waals surface area (Å²) in [6.45, 7) is 3.96. The monoisotopic (exact) mass is 748 g/mol. The van der Waals surface area contributed by atoms with Crippen LogP contribution in [0.2, 0.25) is 0 Å². The highest BCUT2D eigenvalue weighted by Gasteiger charge is 2.12. The molecule has 36 heavy (non-hydrogen) atoms. The maximum absolute atomic E-state index is 11.6. The number of rotatable bonds is 5. The van der Waals surface area contributed by atoms with Gasteiger partial charge in [0.25, 0.3) is 5.91 Å². The highest BCUT2D eigenvalue weighted by molar-refractivity contribution is 14.0. The number of hydrogen-bond donors (Lipinski definition) is 7. The van der Waals surface area contributed by atoms with Crippen molar-refractivity contribution in [2.75, 3.05) is 27.2 Å². The molecule has 0 aliphatic heterocycles. The Morgan fingerprint density at radius 3 is 1.58 bits per heavy atom. The first-order valence-corrected chi connectivity index (χ1v) is 11.6. The molecule has 0 bridgehead atoms. The molecule has 0 fully saturated rings. The molecule has 0 atom stereocenters. The van der Waals surface area contributed by atoms with Gasteiger partial charge in [-0.25, -0.2) is 4.79 Å². The molecular weight excluding hydrogens is 719 g/mol. The Morgan fingerprint density at radius 1 is 0.833 bits per heavy atom. The van der Waals surface area contributed by atoms with Gasteiger partial charge in [0.15, 0.2) is 0 Å². The van der Waals surface area contributed by atoms with E-state index < -0.39 is 11.9 Å². The fraction of sp³-hybridized carbons (Fsp3) is 0.273. The molecule has 0 unspecified atom stereocenters. The molecule has 0 aliphatic carbocycles. The van der Waals surface area contributed by atoms with Crippen molar-refractivity contribution in [2.24, 2.45) is 5.73 Å². The standard InChI is InChI=1S/C10H11BrN2O3.C7H5BrO3.C3H8N2O.C2H6.HI/c1-12-9(15)5-13-10(16)7-4-6(11)2-3-8(7)14;8-4-1-2-6(9)5(3-4)7(10)11;1-5-3(6)2-4;1-2;/h2-4,14H,5H2,1H3,(H,12,15)(H,13,16);1-3,9H,(H,10,11);2,4H2,1H3,(H,5,6);1-2H3;1H. The van der Waals surface area contributed by atoms with E-state index in [1.54, 1.807) is 19.2 Å². The van der Waals surface area contributed by atoms with Crippen molar-refractivity contribution >= 4 is 79.5 Å². The van der Waals surface area contributed by atoms with Gasteiger partial charge < -0.3 is 37.0 Å². The topological polar surface area (TPSA) is 191 Å². The fourth-order valence-electron chi connectivity index (χ4n) is 1.82. The number of aromatic carboxylic acids is 1. The molecule has 2 aromatic rings. The van der Waals surface area contributed by atoms with Gasteiger partial charge in [0.2, 0.25) is 11.8 Å². The Labute approximate surface area is 243 Å².